The Balaban J connectivity index is 1.71. The summed E-state index contributed by atoms with van der Waals surface area (Å²) in [6.07, 6.45) is 7.59. The first-order valence-electron chi connectivity index (χ1n) is 7.59. The molecule has 0 aromatic heterocycles. The zero-order valence-electron chi connectivity index (χ0n) is 11.5. The number of nitrogens with one attached hydrogen (secondary N) is 1. The van der Waals surface area contributed by atoms with E-state index in [2.05, 4.69) is 12.2 Å². The fourth-order valence-corrected chi connectivity index (χ4v) is 4.03. The molecule has 1 saturated carbocycles. The van der Waals surface area contributed by atoms with Gasteiger partial charge in [-0.25, -0.2) is 0 Å². The Labute approximate surface area is 110 Å². The molecule has 18 heavy (non-hydrogen) atoms. The standard InChI is InChI=1S/C15H25NO2/c1-2-14(7-8-16-11-14)13(17)12-4-9-18-15(10-12)5-3-6-15/h12,16H,2-11H2,1H3. The second kappa shape index (κ2) is 4.61. The van der Waals surface area contributed by atoms with Crippen molar-refractivity contribution in [3.05, 3.63) is 0 Å². The molecular formula is C15H25NO2. The summed E-state index contributed by atoms with van der Waals surface area (Å²) < 4.78 is 5.94. The quantitative estimate of drug-likeness (QED) is 0.836. The Hall–Kier alpha value is -0.410. The van der Waals surface area contributed by atoms with Gasteiger partial charge in [0.15, 0.2) is 0 Å². The van der Waals surface area contributed by atoms with Gasteiger partial charge in [-0.05, 0) is 51.5 Å². The lowest BCUT2D eigenvalue weighted by atomic mass is 9.66. The second-order valence-corrected chi connectivity index (χ2v) is 6.50. The van der Waals surface area contributed by atoms with E-state index in [1.54, 1.807) is 0 Å². The second-order valence-electron chi connectivity index (χ2n) is 6.50. The number of ketones is 1. The van der Waals surface area contributed by atoms with Crippen LogP contribution in [0.15, 0.2) is 0 Å². The van der Waals surface area contributed by atoms with E-state index in [0.717, 1.165) is 45.4 Å². The van der Waals surface area contributed by atoms with Crippen molar-refractivity contribution in [2.75, 3.05) is 19.7 Å². The van der Waals surface area contributed by atoms with E-state index in [1.165, 1.54) is 19.3 Å². The van der Waals surface area contributed by atoms with Gasteiger partial charge in [-0.15, -0.1) is 0 Å². The average Bonchev–Trinajstić information content (AvgIpc) is 2.86. The molecule has 3 heteroatoms. The lowest BCUT2D eigenvalue weighted by molar-refractivity contribution is -0.161. The molecule has 1 aliphatic carbocycles. The van der Waals surface area contributed by atoms with Crippen molar-refractivity contribution >= 4 is 5.78 Å². The first-order chi connectivity index (χ1) is 8.70. The summed E-state index contributed by atoms with van der Waals surface area (Å²) in [6.45, 7) is 4.87. The van der Waals surface area contributed by atoms with Crippen LogP contribution in [0.1, 0.15) is 51.9 Å². The molecule has 2 saturated heterocycles. The minimum Gasteiger partial charge on any atom is -0.375 e. The van der Waals surface area contributed by atoms with Gasteiger partial charge in [0, 0.05) is 24.5 Å². The third-order valence-corrected chi connectivity index (χ3v) is 5.57. The lowest BCUT2D eigenvalue weighted by Gasteiger charge is -2.48. The van der Waals surface area contributed by atoms with Crippen molar-refractivity contribution in [2.24, 2.45) is 11.3 Å². The summed E-state index contributed by atoms with van der Waals surface area (Å²) in [5, 5.41) is 3.38. The minimum absolute atomic E-state index is 0.0626. The summed E-state index contributed by atoms with van der Waals surface area (Å²) >= 11 is 0. The summed E-state index contributed by atoms with van der Waals surface area (Å²) in [6, 6.07) is 0. The van der Waals surface area contributed by atoms with Crippen LogP contribution in [-0.4, -0.2) is 31.1 Å². The molecule has 0 aromatic rings. The van der Waals surface area contributed by atoms with Gasteiger partial charge >= 0.3 is 0 Å². The van der Waals surface area contributed by atoms with E-state index < -0.39 is 0 Å². The summed E-state index contributed by atoms with van der Waals surface area (Å²) in [7, 11) is 0. The SMILES string of the molecule is CCC1(C(=O)C2CCOC3(CCC3)C2)CCNC1. The first kappa shape index (κ1) is 12.6. The molecule has 0 radical (unpaired) electrons. The van der Waals surface area contributed by atoms with E-state index in [0.29, 0.717) is 5.78 Å². The Kier molecular flexibility index (Phi) is 3.23. The molecule has 3 nitrogen and oxygen atoms in total. The van der Waals surface area contributed by atoms with Crippen LogP contribution in [0.3, 0.4) is 0 Å². The largest absolute Gasteiger partial charge is 0.375 e. The number of hydrogen-bond acceptors (Lipinski definition) is 3. The van der Waals surface area contributed by atoms with Gasteiger partial charge in [0.25, 0.3) is 0 Å². The first-order valence-corrected chi connectivity index (χ1v) is 7.59. The van der Waals surface area contributed by atoms with E-state index in [4.69, 9.17) is 4.74 Å². The Morgan fingerprint density at radius 2 is 2.22 bits per heavy atom. The van der Waals surface area contributed by atoms with Crippen molar-refractivity contribution in [3.63, 3.8) is 0 Å². The summed E-state index contributed by atoms with van der Waals surface area (Å²) in [5.74, 6) is 0.795. The smallest absolute Gasteiger partial charge is 0.143 e. The Morgan fingerprint density at radius 1 is 1.39 bits per heavy atom. The predicted molar refractivity (Wildman–Crippen MR) is 70.5 cm³/mol. The molecule has 102 valence electrons. The zero-order valence-corrected chi connectivity index (χ0v) is 11.5. The van der Waals surface area contributed by atoms with Crippen LogP contribution in [0.5, 0.6) is 0 Å². The molecular weight excluding hydrogens is 226 g/mol. The number of ether oxygens (including phenoxy) is 1. The maximum Gasteiger partial charge on any atom is 0.143 e. The molecule has 0 aromatic carbocycles. The normalized spacial score (nSPS) is 38.6. The Morgan fingerprint density at radius 3 is 2.78 bits per heavy atom. The van der Waals surface area contributed by atoms with Crippen molar-refractivity contribution in [1.29, 1.82) is 0 Å². The maximum atomic E-state index is 12.9. The molecule has 0 bridgehead atoms. The van der Waals surface area contributed by atoms with Crippen LogP contribution in [0, 0.1) is 11.3 Å². The van der Waals surface area contributed by atoms with Crippen LogP contribution in [0.4, 0.5) is 0 Å². The fourth-order valence-electron chi connectivity index (χ4n) is 4.03. The van der Waals surface area contributed by atoms with Crippen LogP contribution in [-0.2, 0) is 9.53 Å². The molecule has 2 heterocycles. The summed E-state index contributed by atoms with van der Waals surface area (Å²) in [5.41, 5.74) is 0.0342. The molecule has 3 aliphatic rings. The molecule has 0 amide bonds. The molecule has 2 unspecified atom stereocenters. The third kappa shape index (κ3) is 1.92. The highest BCUT2D eigenvalue weighted by Crippen LogP contribution is 2.46. The number of carbonyl (C=O) groups excluding carboxylic acids is 1. The highest BCUT2D eigenvalue weighted by Gasteiger charge is 2.49. The van der Waals surface area contributed by atoms with Gasteiger partial charge < -0.3 is 10.1 Å². The van der Waals surface area contributed by atoms with Crippen LogP contribution in [0.2, 0.25) is 0 Å². The highest BCUT2D eigenvalue weighted by molar-refractivity contribution is 5.87. The predicted octanol–water partition coefficient (Wildman–Crippen LogP) is 2.29. The molecule has 1 spiro atoms. The topological polar surface area (TPSA) is 38.3 Å². The van der Waals surface area contributed by atoms with Crippen LogP contribution < -0.4 is 5.32 Å². The summed E-state index contributed by atoms with van der Waals surface area (Å²) in [4.78, 5) is 12.9. The fraction of sp³-hybridized carbons (Fsp3) is 0.933. The number of carbonyl (C=O) groups is 1. The minimum atomic E-state index is -0.0626. The van der Waals surface area contributed by atoms with Crippen molar-refractivity contribution in [2.45, 2.75) is 57.5 Å². The number of rotatable bonds is 3. The van der Waals surface area contributed by atoms with Gasteiger partial charge in [0.05, 0.1) is 5.60 Å². The monoisotopic (exact) mass is 251 g/mol. The van der Waals surface area contributed by atoms with Gasteiger partial charge in [0.2, 0.25) is 0 Å². The van der Waals surface area contributed by atoms with E-state index in [1.807, 2.05) is 0 Å². The third-order valence-electron chi connectivity index (χ3n) is 5.57. The van der Waals surface area contributed by atoms with Crippen molar-refractivity contribution < 1.29 is 9.53 Å². The molecule has 2 aliphatic heterocycles. The van der Waals surface area contributed by atoms with Crippen LogP contribution >= 0.6 is 0 Å². The molecule has 2 atom stereocenters. The van der Waals surface area contributed by atoms with E-state index in [9.17, 15) is 4.79 Å². The number of Topliss-reactive ketones (excluding diaryl/α,β-unsaturated/α-hetero) is 1. The van der Waals surface area contributed by atoms with Gasteiger partial charge in [-0.3, -0.25) is 4.79 Å². The zero-order chi connectivity index (χ0) is 12.6. The highest BCUT2D eigenvalue weighted by atomic mass is 16.5. The lowest BCUT2D eigenvalue weighted by Crippen LogP contribution is -2.49. The maximum absolute atomic E-state index is 12.9. The molecule has 3 rings (SSSR count). The van der Waals surface area contributed by atoms with Crippen LogP contribution in [0.25, 0.3) is 0 Å². The van der Waals surface area contributed by atoms with Gasteiger partial charge in [-0.1, -0.05) is 6.92 Å². The molecule has 3 fully saturated rings. The molecule has 1 N–H and O–H groups in total. The average molecular weight is 251 g/mol. The van der Waals surface area contributed by atoms with Gasteiger partial charge in [0.1, 0.15) is 5.78 Å². The van der Waals surface area contributed by atoms with Crippen molar-refractivity contribution in [1.82, 2.24) is 5.32 Å². The number of hydrogen-bond donors (Lipinski definition) is 1. The van der Waals surface area contributed by atoms with Gasteiger partial charge in [-0.2, -0.15) is 0 Å². The van der Waals surface area contributed by atoms with E-state index >= 15 is 0 Å². The Bertz CT molecular complexity index is 329. The van der Waals surface area contributed by atoms with E-state index in [-0.39, 0.29) is 16.9 Å². The van der Waals surface area contributed by atoms with Crippen molar-refractivity contribution in [3.8, 4) is 0 Å².